The van der Waals surface area contributed by atoms with Crippen LogP contribution in [0.2, 0.25) is 0 Å². The molecule has 1 heteroatoms. The normalized spacial score (nSPS) is 34.3. The van der Waals surface area contributed by atoms with Crippen molar-refractivity contribution in [2.75, 3.05) is 0 Å². The summed E-state index contributed by atoms with van der Waals surface area (Å²) in [5.74, 6) is 0.890. The first-order valence-electron chi connectivity index (χ1n) is 9.05. The van der Waals surface area contributed by atoms with E-state index in [1.165, 1.54) is 89.9 Å². The lowest BCUT2D eigenvalue weighted by atomic mass is 9.88. The molecule has 0 aromatic carbocycles. The molecule has 1 nitrogen and oxygen atoms in total. The maximum absolute atomic E-state index is 6.37. The van der Waals surface area contributed by atoms with Crippen molar-refractivity contribution in [3.63, 3.8) is 0 Å². The third-order valence-corrected chi connectivity index (χ3v) is 5.15. The zero-order chi connectivity index (χ0) is 13.3. The largest absolute Gasteiger partial charge is 0.375 e. The molecule has 0 radical (unpaired) electrons. The number of ether oxygens (including phenoxy) is 1. The van der Waals surface area contributed by atoms with Gasteiger partial charge in [0, 0.05) is 0 Å². The molecule has 1 heterocycles. The van der Waals surface area contributed by atoms with Crippen LogP contribution in [0.25, 0.3) is 0 Å². The van der Waals surface area contributed by atoms with E-state index in [9.17, 15) is 0 Å². The van der Waals surface area contributed by atoms with Gasteiger partial charge < -0.3 is 4.74 Å². The van der Waals surface area contributed by atoms with Gasteiger partial charge in [-0.2, -0.15) is 0 Å². The molecule has 1 saturated carbocycles. The molecule has 1 aliphatic carbocycles. The molecule has 2 fully saturated rings. The summed E-state index contributed by atoms with van der Waals surface area (Å²) in [6.07, 6.45) is 20.9. The van der Waals surface area contributed by atoms with Gasteiger partial charge in [0.15, 0.2) is 0 Å². The Morgan fingerprint density at radius 2 is 1.47 bits per heavy atom. The summed E-state index contributed by atoms with van der Waals surface area (Å²) in [7, 11) is 0. The molecule has 2 rings (SSSR count). The van der Waals surface area contributed by atoms with Crippen LogP contribution in [0.4, 0.5) is 0 Å². The summed E-state index contributed by atoms with van der Waals surface area (Å²) < 4.78 is 6.37. The van der Waals surface area contributed by atoms with Gasteiger partial charge in [0.2, 0.25) is 0 Å². The maximum Gasteiger partial charge on any atom is 0.0608 e. The molecular formula is C18H34O. The molecule has 0 aromatic rings. The van der Waals surface area contributed by atoms with Gasteiger partial charge in [-0.15, -0.1) is 0 Å². The quantitative estimate of drug-likeness (QED) is 0.621. The Hall–Kier alpha value is -0.0400. The summed E-state index contributed by atoms with van der Waals surface area (Å²) in [5.41, 5.74) is 0. The minimum atomic E-state index is 0.597. The van der Waals surface area contributed by atoms with Gasteiger partial charge in [-0.05, 0) is 31.6 Å². The molecule has 112 valence electrons. The second-order valence-corrected chi connectivity index (χ2v) is 6.84. The van der Waals surface area contributed by atoms with Crippen molar-refractivity contribution in [3.8, 4) is 0 Å². The lowest BCUT2D eigenvalue weighted by Crippen LogP contribution is -2.16. The van der Waals surface area contributed by atoms with Crippen molar-refractivity contribution in [2.24, 2.45) is 5.92 Å². The van der Waals surface area contributed by atoms with Gasteiger partial charge in [-0.25, -0.2) is 0 Å². The molecule has 1 aliphatic heterocycles. The molecule has 19 heavy (non-hydrogen) atoms. The van der Waals surface area contributed by atoms with E-state index in [0.717, 1.165) is 5.92 Å². The maximum atomic E-state index is 6.37. The van der Waals surface area contributed by atoms with E-state index in [4.69, 9.17) is 4.74 Å². The predicted molar refractivity (Wildman–Crippen MR) is 82.5 cm³/mol. The molecule has 1 saturated heterocycles. The Morgan fingerprint density at radius 3 is 2.16 bits per heavy atom. The van der Waals surface area contributed by atoms with Crippen LogP contribution in [-0.4, -0.2) is 12.2 Å². The molecule has 0 N–H and O–H groups in total. The second kappa shape index (κ2) is 9.00. The van der Waals surface area contributed by atoms with Gasteiger partial charge in [-0.1, -0.05) is 71.1 Å². The van der Waals surface area contributed by atoms with E-state index in [-0.39, 0.29) is 0 Å². The third-order valence-electron chi connectivity index (χ3n) is 5.15. The van der Waals surface area contributed by atoms with Gasteiger partial charge in [-0.3, -0.25) is 0 Å². The van der Waals surface area contributed by atoms with Crippen molar-refractivity contribution in [2.45, 2.75) is 109 Å². The van der Waals surface area contributed by atoms with Crippen LogP contribution < -0.4 is 0 Å². The average Bonchev–Trinajstić information content (AvgIpc) is 2.79. The second-order valence-electron chi connectivity index (χ2n) is 6.84. The number of rotatable bonds is 3. The van der Waals surface area contributed by atoms with Gasteiger partial charge in [0.05, 0.1) is 12.2 Å². The highest BCUT2D eigenvalue weighted by molar-refractivity contribution is 4.82. The summed E-state index contributed by atoms with van der Waals surface area (Å²) in [5, 5.41) is 0. The standard InChI is InChI=1S/C18H34O/c1-2-3-13-17-15-16-12-10-8-6-4-5-7-9-11-14-18(16)19-17/h16-18H,2-15H2,1H3. The first-order chi connectivity index (χ1) is 9.40. The molecule has 3 atom stereocenters. The van der Waals surface area contributed by atoms with E-state index in [1.54, 1.807) is 0 Å². The monoisotopic (exact) mass is 266 g/mol. The summed E-state index contributed by atoms with van der Waals surface area (Å²) in [6, 6.07) is 0. The predicted octanol–water partition coefficient (Wildman–Crippen LogP) is 5.86. The van der Waals surface area contributed by atoms with E-state index in [2.05, 4.69) is 6.92 Å². The fraction of sp³-hybridized carbons (Fsp3) is 1.00. The van der Waals surface area contributed by atoms with Gasteiger partial charge >= 0.3 is 0 Å². The zero-order valence-electron chi connectivity index (χ0n) is 13.0. The highest BCUT2D eigenvalue weighted by Gasteiger charge is 2.33. The Morgan fingerprint density at radius 1 is 0.842 bits per heavy atom. The number of unbranched alkanes of at least 4 members (excludes halogenated alkanes) is 1. The SMILES string of the molecule is CCCCC1CC2CCCCCCCCCCC2O1. The summed E-state index contributed by atoms with van der Waals surface area (Å²) in [4.78, 5) is 0. The Balaban J connectivity index is 1.79. The number of hydrogen-bond acceptors (Lipinski definition) is 1. The molecule has 2 aliphatic rings. The minimum absolute atomic E-state index is 0.597. The van der Waals surface area contributed by atoms with E-state index >= 15 is 0 Å². The van der Waals surface area contributed by atoms with E-state index < -0.39 is 0 Å². The van der Waals surface area contributed by atoms with Crippen LogP contribution in [0.15, 0.2) is 0 Å². The fourth-order valence-corrected chi connectivity index (χ4v) is 3.94. The molecule has 0 amide bonds. The lowest BCUT2D eigenvalue weighted by molar-refractivity contribution is 0.0220. The molecular weight excluding hydrogens is 232 g/mol. The van der Waals surface area contributed by atoms with Gasteiger partial charge in [0.25, 0.3) is 0 Å². The van der Waals surface area contributed by atoms with Crippen molar-refractivity contribution < 1.29 is 4.74 Å². The molecule has 0 aromatic heterocycles. The molecule has 0 bridgehead atoms. The average molecular weight is 266 g/mol. The topological polar surface area (TPSA) is 9.23 Å². The van der Waals surface area contributed by atoms with Crippen LogP contribution >= 0.6 is 0 Å². The fourth-order valence-electron chi connectivity index (χ4n) is 3.94. The minimum Gasteiger partial charge on any atom is -0.375 e. The Bertz CT molecular complexity index is 206. The first-order valence-corrected chi connectivity index (χ1v) is 9.05. The Labute approximate surface area is 120 Å². The van der Waals surface area contributed by atoms with Crippen LogP contribution in [0.5, 0.6) is 0 Å². The van der Waals surface area contributed by atoms with Crippen molar-refractivity contribution in [1.82, 2.24) is 0 Å². The van der Waals surface area contributed by atoms with E-state index in [1.807, 2.05) is 0 Å². The van der Waals surface area contributed by atoms with Crippen LogP contribution in [0.1, 0.15) is 96.8 Å². The van der Waals surface area contributed by atoms with Crippen LogP contribution in [-0.2, 0) is 4.74 Å². The summed E-state index contributed by atoms with van der Waals surface area (Å²) >= 11 is 0. The number of hydrogen-bond donors (Lipinski definition) is 0. The highest BCUT2D eigenvalue weighted by Crippen LogP contribution is 2.36. The van der Waals surface area contributed by atoms with Gasteiger partial charge in [0.1, 0.15) is 0 Å². The number of fused-ring (bicyclic) bond motifs is 1. The van der Waals surface area contributed by atoms with Crippen molar-refractivity contribution in [3.05, 3.63) is 0 Å². The lowest BCUT2D eigenvalue weighted by Gasteiger charge is -2.19. The van der Waals surface area contributed by atoms with E-state index in [0.29, 0.717) is 12.2 Å². The highest BCUT2D eigenvalue weighted by atomic mass is 16.5. The Kier molecular flexibility index (Phi) is 7.27. The molecule has 0 spiro atoms. The van der Waals surface area contributed by atoms with Crippen molar-refractivity contribution >= 4 is 0 Å². The van der Waals surface area contributed by atoms with Crippen molar-refractivity contribution in [1.29, 1.82) is 0 Å². The molecule has 3 unspecified atom stereocenters. The third kappa shape index (κ3) is 5.45. The smallest absolute Gasteiger partial charge is 0.0608 e. The zero-order valence-corrected chi connectivity index (χ0v) is 13.0. The summed E-state index contributed by atoms with van der Waals surface area (Å²) in [6.45, 7) is 2.29. The van der Waals surface area contributed by atoms with Crippen LogP contribution in [0, 0.1) is 5.92 Å². The first kappa shape index (κ1) is 15.4. The van der Waals surface area contributed by atoms with Crippen LogP contribution in [0.3, 0.4) is 0 Å².